The smallest absolute Gasteiger partial charge is 0.127 e. The van der Waals surface area contributed by atoms with E-state index in [0.29, 0.717) is 6.04 Å². The lowest BCUT2D eigenvalue weighted by atomic mass is 9.75. The fourth-order valence-corrected chi connectivity index (χ4v) is 3.74. The van der Waals surface area contributed by atoms with Crippen LogP contribution in [-0.2, 0) is 4.79 Å². The lowest BCUT2D eigenvalue weighted by molar-refractivity contribution is -0.119. The molecule has 2 atom stereocenters. The van der Waals surface area contributed by atoms with Crippen LogP contribution in [0.2, 0.25) is 0 Å². The van der Waals surface area contributed by atoms with Gasteiger partial charge in [-0.15, -0.1) is 0 Å². The molecule has 0 radical (unpaired) electrons. The van der Waals surface area contributed by atoms with E-state index in [1.165, 1.54) is 25.5 Å². The van der Waals surface area contributed by atoms with Gasteiger partial charge in [0.2, 0.25) is 0 Å². The third kappa shape index (κ3) is 3.77. The standard InChI is InChI=1S/C15H28N2O2/c1-16(2)9-13-8-14(19)10-17(13)11-15(12-18)6-4-3-5-7-15/h12-14,19H,3-11H2,1-2H3. The molecule has 1 saturated carbocycles. The fourth-order valence-electron chi connectivity index (χ4n) is 3.74. The molecule has 110 valence electrons. The Kier molecular flexibility index (Phi) is 4.98. The van der Waals surface area contributed by atoms with Gasteiger partial charge in [0.25, 0.3) is 0 Å². The zero-order valence-electron chi connectivity index (χ0n) is 12.3. The van der Waals surface area contributed by atoms with Crippen LogP contribution in [0.1, 0.15) is 38.5 Å². The van der Waals surface area contributed by atoms with Crippen molar-refractivity contribution < 1.29 is 9.90 Å². The minimum Gasteiger partial charge on any atom is -0.392 e. The summed E-state index contributed by atoms with van der Waals surface area (Å²) in [7, 11) is 4.14. The van der Waals surface area contributed by atoms with Crippen LogP contribution in [0.25, 0.3) is 0 Å². The largest absolute Gasteiger partial charge is 0.392 e. The highest BCUT2D eigenvalue weighted by atomic mass is 16.3. The molecular formula is C15H28N2O2. The zero-order valence-corrected chi connectivity index (χ0v) is 12.3. The number of hydrogen-bond acceptors (Lipinski definition) is 4. The Hall–Kier alpha value is -0.450. The highest BCUT2D eigenvalue weighted by molar-refractivity contribution is 5.60. The lowest BCUT2D eigenvalue weighted by Gasteiger charge is -2.38. The van der Waals surface area contributed by atoms with Crippen molar-refractivity contribution in [3.8, 4) is 0 Å². The quantitative estimate of drug-likeness (QED) is 0.759. The van der Waals surface area contributed by atoms with Crippen molar-refractivity contribution in [3.63, 3.8) is 0 Å². The summed E-state index contributed by atoms with van der Waals surface area (Å²) in [5.74, 6) is 0. The lowest BCUT2D eigenvalue weighted by Crippen LogP contribution is -2.45. The van der Waals surface area contributed by atoms with Crippen molar-refractivity contribution >= 4 is 6.29 Å². The summed E-state index contributed by atoms with van der Waals surface area (Å²) >= 11 is 0. The van der Waals surface area contributed by atoms with E-state index in [4.69, 9.17) is 0 Å². The summed E-state index contributed by atoms with van der Waals surface area (Å²) in [5.41, 5.74) is -0.146. The number of β-amino-alcohol motifs (C(OH)–C–C–N with tert-alkyl or cyclic N) is 1. The SMILES string of the molecule is CN(C)CC1CC(O)CN1CC1(C=O)CCCCC1. The Labute approximate surface area is 116 Å². The van der Waals surface area contributed by atoms with Gasteiger partial charge in [-0.2, -0.15) is 0 Å². The molecule has 2 unspecified atom stereocenters. The number of likely N-dealkylation sites (N-methyl/N-ethyl adjacent to an activating group) is 1. The number of aliphatic hydroxyl groups is 1. The maximum Gasteiger partial charge on any atom is 0.127 e. The summed E-state index contributed by atoms with van der Waals surface area (Å²) in [5, 5.41) is 9.92. The average molecular weight is 268 g/mol. The van der Waals surface area contributed by atoms with Crippen LogP contribution in [-0.4, -0.2) is 67.1 Å². The molecule has 2 rings (SSSR count). The number of rotatable bonds is 5. The molecule has 1 N–H and O–H groups in total. The minimum absolute atomic E-state index is 0.146. The van der Waals surface area contributed by atoms with E-state index in [1.807, 2.05) is 0 Å². The number of carbonyl (C=O) groups is 1. The first-order valence-corrected chi connectivity index (χ1v) is 7.58. The second-order valence-electron chi connectivity index (χ2n) is 6.78. The first-order valence-electron chi connectivity index (χ1n) is 7.58. The molecular weight excluding hydrogens is 240 g/mol. The number of hydrogen-bond donors (Lipinski definition) is 1. The van der Waals surface area contributed by atoms with Crippen molar-refractivity contribution in [3.05, 3.63) is 0 Å². The molecule has 2 fully saturated rings. The van der Waals surface area contributed by atoms with E-state index in [2.05, 4.69) is 23.9 Å². The number of nitrogens with zero attached hydrogens (tertiary/aromatic N) is 2. The van der Waals surface area contributed by atoms with E-state index in [1.54, 1.807) is 0 Å². The Morgan fingerprint density at radius 3 is 2.58 bits per heavy atom. The van der Waals surface area contributed by atoms with Crippen LogP contribution in [0.3, 0.4) is 0 Å². The third-order valence-corrected chi connectivity index (χ3v) is 4.70. The van der Waals surface area contributed by atoms with Gasteiger partial charge in [0.15, 0.2) is 0 Å². The molecule has 0 spiro atoms. The number of likely N-dealkylation sites (tertiary alicyclic amines) is 1. The second kappa shape index (κ2) is 6.33. The Bertz CT molecular complexity index is 301. The van der Waals surface area contributed by atoms with Gasteiger partial charge in [0.1, 0.15) is 6.29 Å². The number of aliphatic hydroxyl groups excluding tert-OH is 1. The van der Waals surface area contributed by atoms with Gasteiger partial charge < -0.3 is 14.8 Å². The van der Waals surface area contributed by atoms with Gasteiger partial charge in [-0.05, 0) is 33.4 Å². The minimum atomic E-state index is -0.225. The molecule has 1 saturated heterocycles. The predicted octanol–water partition coefficient (Wildman–Crippen LogP) is 1.13. The Balaban J connectivity index is 2.00. The van der Waals surface area contributed by atoms with Crippen molar-refractivity contribution in [1.29, 1.82) is 0 Å². The van der Waals surface area contributed by atoms with Crippen molar-refractivity contribution in [2.75, 3.05) is 33.7 Å². The molecule has 2 aliphatic rings. The van der Waals surface area contributed by atoms with Gasteiger partial charge in [-0.25, -0.2) is 0 Å². The van der Waals surface area contributed by atoms with E-state index >= 15 is 0 Å². The first kappa shape index (κ1) is 14.9. The van der Waals surface area contributed by atoms with Gasteiger partial charge >= 0.3 is 0 Å². The summed E-state index contributed by atoms with van der Waals surface area (Å²) in [6.07, 6.45) is 7.48. The monoisotopic (exact) mass is 268 g/mol. The van der Waals surface area contributed by atoms with E-state index in [-0.39, 0.29) is 11.5 Å². The van der Waals surface area contributed by atoms with E-state index in [0.717, 1.165) is 38.9 Å². The highest BCUT2D eigenvalue weighted by Crippen LogP contribution is 2.36. The van der Waals surface area contributed by atoms with Crippen LogP contribution >= 0.6 is 0 Å². The van der Waals surface area contributed by atoms with Crippen molar-refractivity contribution in [2.45, 2.75) is 50.7 Å². The highest BCUT2D eigenvalue weighted by Gasteiger charge is 2.39. The van der Waals surface area contributed by atoms with Crippen LogP contribution in [0.5, 0.6) is 0 Å². The van der Waals surface area contributed by atoms with E-state index in [9.17, 15) is 9.90 Å². The molecule has 0 amide bonds. The summed E-state index contributed by atoms with van der Waals surface area (Å²) in [4.78, 5) is 16.1. The molecule has 0 bridgehead atoms. The molecule has 4 nitrogen and oxygen atoms in total. The van der Waals surface area contributed by atoms with Crippen LogP contribution in [0, 0.1) is 5.41 Å². The molecule has 1 aliphatic carbocycles. The first-order chi connectivity index (χ1) is 9.04. The van der Waals surface area contributed by atoms with Crippen LogP contribution < -0.4 is 0 Å². The van der Waals surface area contributed by atoms with Crippen molar-refractivity contribution in [1.82, 2.24) is 9.80 Å². The molecule has 0 aromatic carbocycles. The molecule has 0 aromatic heterocycles. The maximum atomic E-state index is 11.6. The molecule has 1 aliphatic heterocycles. The van der Waals surface area contributed by atoms with E-state index < -0.39 is 0 Å². The van der Waals surface area contributed by atoms with Gasteiger partial charge in [0.05, 0.1) is 6.10 Å². The molecule has 4 heteroatoms. The van der Waals surface area contributed by atoms with Gasteiger partial charge in [0, 0.05) is 31.1 Å². The topological polar surface area (TPSA) is 43.8 Å². The summed E-state index contributed by atoms with van der Waals surface area (Å²) < 4.78 is 0. The van der Waals surface area contributed by atoms with Gasteiger partial charge in [-0.1, -0.05) is 19.3 Å². The molecule has 1 heterocycles. The van der Waals surface area contributed by atoms with Crippen molar-refractivity contribution in [2.24, 2.45) is 5.41 Å². The normalized spacial score (nSPS) is 31.8. The summed E-state index contributed by atoms with van der Waals surface area (Å²) in [6, 6.07) is 0.392. The second-order valence-corrected chi connectivity index (χ2v) is 6.78. The number of carbonyl (C=O) groups excluding carboxylic acids is 1. The fraction of sp³-hybridized carbons (Fsp3) is 0.933. The van der Waals surface area contributed by atoms with Gasteiger partial charge in [-0.3, -0.25) is 4.90 Å². The van der Waals surface area contributed by atoms with Crippen LogP contribution in [0.4, 0.5) is 0 Å². The molecule has 19 heavy (non-hydrogen) atoms. The Morgan fingerprint density at radius 1 is 1.32 bits per heavy atom. The number of aldehydes is 1. The maximum absolute atomic E-state index is 11.6. The third-order valence-electron chi connectivity index (χ3n) is 4.70. The van der Waals surface area contributed by atoms with Crippen LogP contribution in [0.15, 0.2) is 0 Å². The Morgan fingerprint density at radius 2 is 2.00 bits per heavy atom. The average Bonchev–Trinajstić information content (AvgIpc) is 2.69. The molecule has 0 aromatic rings. The predicted molar refractivity (Wildman–Crippen MR) is 76.1 cm³/mol. The summed E-state index contributed by atoms with van der Waals surface area (Å²) in [6.45, 7) is 2.53. The zero-order chi connectivity index (χ0) is 13.9.